The lowest BCUT2D eigenvalue weighted by Crippen LogP contribution is -2.38. The average molecular weight is 703 g/mol. The molecule has 2 aromatic rings. The number of nitrogens with two attached hydrogens (primary N) is 2. The Morgan fingerprint density at radius 3 is 1.38 bits per heavy atom. The molecule has 2 aliphatic heterocycles. The van der Waals surface area contributed by atoms with Crippen LogP contribution in [0.5, 0.6) is 0 Å². The van der Waals surface area contributed by atoms with Gasteiger partial charge in [0.15, 0.2) is 0 Å². The van der Waals surface area contributed by atoms with E-state index in [0.29, 0.717) is 111 Å². The molecule has 48 heavy (non-hydrogen) atoms. The summed E-state index contributed by atoms with van der Waals surface area (Å²) >= 11 is 0. The van der Waals surface area contributed by atoms with Crippen molar-refractivity contribution in [3.8, 4) is 0 Å². The lowest BCUT2D eigenvalue weighted by molar-refractivity contribution is 0.140. The summed E-state index contributed by atoms with van der Waals surface area (Å²) in [7, 11) is -7.62. The molecule has 2 aromatic carbocycles. The maximum absolute atomic E-state index is 13.9. The van der Waals surface area contributed by atoms with Gasteiger partial charge in [-0.05, 0) is 101 Å². The SMILES string of the molecule is CC1CCN(S(=O)(=O)c2ccc3c(c2)C(=NOCCCCN)c2cc(S(=O)(=O)N4CCC(C)CC4)ccc2C3=NOCCCCN)CC1. The topological polar surface area (TPSA) is 170 Å². The second-order valence-electron chi connectivity index (χ2n) is 13.1. The summed E-state index contributed by atoms with van der Waals surface area (Å²) in [6, 6.07) is 9.84. The van der Waals surface area contributed by atoms with Crippen LogP contribution >= 0.6 is 0 Å². The highest BCUT2D eigenvalue weighted by atomic mass is 32.2. The van der Waals surface area contributed by atoms with Crippen molar-refractivity contribution in [2.75, 3.05) is 52.5 Å². The monoisotopic (exact) mass is 702 g/mol. The Hall–Kier alpha value is -2.88. The zero-order valence-electron chi connectivity index (χ0n) is 28.1. The molecule has 0 aromatic heterocycles. The molecular weight excluding hydrogens is 653 g/mol. The number of hydrogen-bond donors (Lipinski definition) is 2. The van der Waals surface area contributed by atoms with Crippen molar-refractivity contribution in [3.63, 3.8) is 0 Å². The first-order valence-electron chi connectivity index (χ1n) is 17.2. The highest BCUT2D eigenvalue weighted by Crippen LogP contribution is 2.34. The Kier molecular flexibility index (Phi) is 12.3. The molecule has 0 atom stereocenters. The molecule has 264 valence electrons. The number of fused-ring (bicyclic) bond motifs is 2. The fourth-order valence-corrected chi connectivity index (χ4v) is 9.24. The Morgan fingerprint density at radius 1 is 0.625 bits per heavy atom. The molecule has 1 aliphatic carbocycles. The summed E-state index contributed by atoms with van der Waals surface area (Å²) < 4.78 is 58.6. The van der Waals surface area contributed by atoms with Gasteiger partial charge >= 0.3 is 0 Å². The van der Waals surface area contributed by atoms with Gasteiger partial charge in [-0.25, -0.2) is 16.8 Å². The van der Waals surface area contributed by atoms with Crippen LogP contribution < -0.4 is 11.5 Å². The van der Waals surface area contributed by atoms with Crippen LogP contribution in [0.1, 0.15) is 87.5 Å². The Bertz CT molecular complexity index is 1590. The van der Waals surface area contributed by atoms with Gasteiger partial charge in [0, 0.05) is 48.4 Å². The molecule has 2 fully saturated rings. The average Bonchev–Trinajstić information content (AvgIpc) is 3.08. The van der Waals surface area contributed by atoms with E-state index in [9.17, 15) is 16.8 Å². The van der Waals surface area contributed by atoms with Gasteiger partial charge in [-0.15, -0.1) is 0 Å². The minimum atomic E-state index is -3.81. The van der Waals surface area contributed by atoms with Gasteiger partial charge in [0.25, 0.3) is 0 Å². The smallest absolute Gasteiger partial charge is 0.243 e. The van der Waals surface area contributed by atoms with Crippen molar-refractivity contribution >= 4 is 31.5 Å². The van der Waals surface area contributed by atoms with E-state index >= 15 is 0 Å². The summed E-state index contributed by atoms with van der Waals surface area (Å²) in [5.41, 5.74) is 14.3. The van der Waals surface area contributed by atoms with E-state index in [-0.39, 0.29) is 9.79 Å². The van der Waals surface area contributed by atoms with Crippen molar-refractivity contribution in [2.45, 2.75) is 75.0 Å². The van der Waals surface area contributed by atoms with Crippen LogP contribution in [-0.4, -0.2) is 89.4 Å². The molecule has 0 radical (unpaired) electrons. The molecule has 3 aliphatic rings. The summed E-state index contributed by atoms with van der Waals surface area (Å²) in [5.74, 6) is 0.933. The van der Waals surface area contributed by atoms with Crippen molar-refractivity contribution in [3.05, 3.63) is 58.7 Å². The van der Waals surface area contributed by atoms with E-state index in [2.05, 4.69) is 24.2 Å². The number of nitrogens with zero attached hydrogens (tertiary/aromatic N) is 4. The largest absolute Gasteiger partial charge is 0.395 e. The lowest BCUT2D eigenvalue weighted by Gasteiger charge is -2.30. The molecule has 14 heteroatoms. The molecule has 2 saturated heterocycles. The maximum atomic E-state index is 13.9. The molecule has 0 unspecified atom stereocenters. The number of oxime groups is 2. The van der Waals surface area contributed by atoms with Gasteiger partial charge in [-0.1, -0.05) is 36.3 Å². The van der Waals surface area contributed by atoms with Crippen LogP contribution in [0.2, 0.25) is 0 Å². The molecular formula is C34H50N6O6S2. The summed E-state index contributed by atoms with van der Waals surface area (Å²) in [6.45, 7) is 7.78. The number of sulfonamides is 2. The molecule has 0 saturated carbocycles. The van der Waals surface area contributed by atoms with Gasteiger partial charge in [-0.2, -0.15) is 8.61 Å². The highest BCUT2D eigenvalue weighted by molar-refractivity contribution is 7.89. The van der Waals surface area contributed by atoms with Crippen molar-refractivity contribution in [1.29, 1.82) is 0 Å². The zero-order valence-corrected chi connectivity index (χ0v) is 29.8. The highest BCUT2D eigenvalue weighted by Gasteiger charge is 2.35. The van der Waals surface area contributed by atoms with E-state index in [1.807, 2.05) is 0 Å². The minimum Gasteiger partial charge on any atom is -0.395 e. The Morgan fingerprint density at radius 2 is 1.00 bits per heavy atom. The zero-order chi connectivity index (χ0) is 34.3. The van der Waals surface area contributed by atoms with Gasteiger partial charge in [0.1, 0.15) is 24.6 Å². The van der Waals surface area contributed by atoms with E-state index in [1.54, 1.807) is 36.4 Å². The van der Waals surface area contributed by atoms with Crippen molar-refractivity contribution in [1.82, 2.24) is 8.61 Å². The second kappa shape index (κ2) is 16.2. The Balaban J connectivity index is 1.62. The molecule has 0 amide bonds. The predicted molar refractivity (Wildman–Crippen MR) is 187 cm³/mol. The summed E-state index contributed by atoms with van der Waals surface area (Å²) in [6.07, 6.45) is 6.12. The lowest BCUT2D eigenvalue weighted by atomic mass is 9.83. The number of hydrogen-bond acceptors (Lipinski definition) is 10. The van der Waals surface area contributed by atoms with Crippen molar-refractivity contribution < 1.29 is 26.5 Å². The van der Waals surface area contributed by atoms with Crippen LogP contribution in [-0.2, 0) is 29.7 Å². The fraction of sp³-hybridized carbons (Fsp3) is 0.588. The van der Waals surface area contributed by atoms with Gasteiger partial charge in [0.2, 0.25) is 20.0 Å². The molecule has 12 nitrogen and oxygen atoms in total. The van der Waals surface area contributed by atoms with Crippen LogP contribution in [0.15, 0.2) is 56.5 Å². The van der Waals surface area contributed by atoms with E-state index < -0.39 is 20.0 Å². The number of unbranched alkanes of at least 4 members (excludes halogenated alkanes) is 2. The van der Waals surface area contributed by atoms with Gasteiger partial charge in [-0.3, -0.25) is 0 Å². The first-order valence-corrected chi connectivity index (χ1v) is 20.1. The quantitative estimate of drug-likeness (QED) is 0.189. The number of benzene rings is 2. The standard InChI is InChI=1S/C34H50N6O6S2/c1-25-11-17-39(18-12-25)47(41,42)27-7-9-29-31(23-27)34(38-46-22-6-4-16-36)32-24-28(48(43,44)40-19-13-26(2)14-20-40)8-10-30(32)33(29)37-45-21-5-3-15-35/h7-10,23-26H,3-6,11-22,35-36H2,1-2H3. The first-order chi connectivity index (χ1) is 23.1. The normalized spacial score (nSPS) is 18.3. The van der Waals surface area contributed by atoms with Crippen LogP contribution in [0.3, 0.4) is 0 Å². The maximum Gasteiger partial charge on any atom is 0.243 e. The fourth-order valence-electron chi connectivity index (χ4n) is 6.25. The molecule has 0 spiro atoms. The van der Waals surface area contributed by atoms with Crippen molar-refractivity contribution in [2.24, 2.45) is 33.6 Å². The minimum absolute atomic E-state index is 0.129. The third-order valence-corrected chi connectivity index (χ3v) is 13.2. The number of piperidine rings is 2. The van der Waals surface area contributed by atoms with Crippen LogP contribution in [0.25, 0.3) is 0 Å². The summed E-state index contributed by atoms with van der Waals surface area (Å²) in [5, 5.41) is 9.05. The molecule has 2 heterocycles. The third-order valence-electron chi connectivity index (χ3n) is 9.45. The molecule has 5 rings (SSSR count). The van der Waals surface area contributed by atoms with E-state index in [4.69, 9.17) is 21.1 Å². The van der Waals surface area contributed by atoms with Gasteiger partial charge in [0.05, 0.1) is 9.79 Å². The molecule has 0 bridgehead atoms. The second-order valence-corrected chi connectivity index (χ2v) is 17.0. The Labute approximate surface area is 285 Å². The predicted octanol–water partition coefficient (Wildman–Crippen LogP) is 3.86. The van der Waals surface area contributed by atoms with Crippen LogP contribution in [0, 0.1) is 11.8 Å². The molecule has 4 N–H and O–H groups in total. The first kappa shape index (κ1) is 36.4. The third kappa shape index (κ3) is 8.11. The van der Waals surface area contributed by atoms with E-state index in [1.165, 1.54) is 8.61 Å². The van der Waals surface area contributed by atoms with E-state index in [0.717, 1.165) is 38.5 Å². The van der Waals surface area contributed by atoms with Crippen LogP contribution in [0.4, 0.5) is 0 Å². The summed E-state index contributed by atoms with van der Waals surface area (Å²) in [4.78, 5) is 11.8. The van der Waals surface area contributed by atoms with Gasteiger partial charge < -0.3 is 21.1 Å². The number of rotatable bonds is 14.